The van der Waals surface area contributed by atoms with E-state index in [1.165, 1.54) is 16.9 Å². The Morgan fingerprint density at radius 2 is 1.84 bits per heavy atom. The van der Waals surface area contributed by atoms with E-state index in [0.29, 0.717) is 49.3 Å². The Hall–Kier alpha value is -3.97. The number of hydrogen-bond acceptors (Lipinski definition) is 3. The third-order valence-electron chi connectivity index (χ3n) is 5.30. The number of nitrogens with zero attached hydrogens (tertiary/aromatic N) is 2. The minimum absolute atomic E-state index is 0.262. The molecule has 1 amide bonds. The molecule has 0 bridgehead atoms. The van der Waals surface area contributed by atoms with Crippen LogP contribution >= 0.6 is 11.6 Å². The first-order chi connectivity index (χ1) is 15.4. The molecule has 2 aromatic heterocycles. The molecule has 2 heterocycles. The van der Waals surface area contributed by atoms with Crippen molar-refractivity contribution in [3.05, 3.63) is 99.2 Å². The second-order valence-corrected chi connectivity index (χ2v) is 7.86. The van der Waals surface area contributed by atoms with Gasteiger partial charge in [-0.15, -0.1) is 0 Å². The molecule has 0 spiro atoms. The van der Waals surface area contributed by atoms with Crippen molar-refractivity contribution in [3.63, 3.8) is 0 Å². The number of halogens is 2. The number of carbonyl (C=O) groups is 1. The summed E-state index contributed by atoms with van der Waals surface area (Å²) < 4.78 is 15.2. The molecule has 3 aromatic carbocycles. The number of benzene rings is 3. The second kappa shape index (κ2) is 7.62. The number of aromatic nitrogens is 3. The number of hydrogen-bond donors (Lipinski definition) is 2. The zero-order chi connectivity index (χ0) is 22.4. The van der Waals surface area contributed by atoms with Crippen molar-refractivity contribution in [2.24, 2.45) is 0 Å². The topological polar surface area (TPSA) is 79.8 Å². The molecule has 2 N–H and O–H groups in total. The molecule has 0 unspecified atom stereocenters. The highest BCUT2D eigenvalue weighted by atomic mass is 35.5. The standard InChI is InChI=1S/C24H16ClFN4O2/c1-13-2-6-16(11-20(13)26)28-23(31)14-3-9-21-18(10-14)22-19(12-27-21)24(32)30(29-22)17-7-4-15(25)5-8-17/h2-12,29H,1H3,(H,28,31). The number of pyridine rings is 1. The molecule has 6 nitrogen and oxygen atoms in total. The van der Waals surface area contributed by atoms with Gasteiger partial charge in [-0.2, -0.15) is 0 Å². The van der Waals surface area contributed by atoms with Crippen LogP contribution in [-0.4, -0.2) is 20.7 Å². The minimum Gasteiger partial charge on any atom is -0.322 e. The average Bonchev–Trinajstić information content (AvgIpc) is 3.13. The van der Waals surface area contributed by atoms with Crippen LogP contribution in [0.3, 0.4) is 0 Å². The number of rotatable bonds is 3. The Balaban J connectivity index is 1.59. The minimum atomic E-state index is -0.397. The van der Waals surface area contributed by atoms with Gasteiger partial charge in [-0.25, -0.2) is 9.07 Å². The Kier molecular flexibility index (Phi) is 4.75. The number of H-pyrrole nitrogens is 1. The normalized spacial score (nSPS) is 11.2. The number of amides is 1. The fourth-order valence-electron chi connectivity index (χ4n) is 3.55. The van der Waals surface area contributed by atoms with Crippen molar-refractivity contribution in [1.82, 2.24) is 14.8 Å². The highest BCUT2D eigenvalue weighted by Crippen LogP contribution is 2.23. The fourth-order valence-corrected chi connectivity index (χ4v) is 3.67. The molecule has 0 aliphatic heterocycles. The molecule has 32 heavy (non-hydrogen) atoms. The van der Waals surface area contributed by atoms with E-state index >= 15 is 0 Å². The van der Waals surface area contributed by atoms with Gasteiger partial charge in [0.1, 0.15) is 5.82 Å². The van der Waals surface area contributed by atoms with Crippen LogP contribution in [0.25, 0.3) is 27.5 Å². The summed E-state index contributed by atoms with van der Waals surface area (Å²) in [5, 5.41) is 7.39. The van der Waals surface area contributed by atoms with Gasteiger partial charge in [-0.1, -0.05) is 17.7 Å². The SMILES string of the molecule is Cc1ccc(NC(=O)c2ccc3ncc4c(=O)n(-c5ccc(Cl)cc5)[nH]c4c3c2)cc1F. The van der Waals surface area contributed by atoms with Crippen LogP contribution in [-0.2, 0) is 0 Å². The third kappa shape index (κ3) is 3.42. The maximum atomic E-state index is 13.8. The van der Waals surface area contributed by atoms with E-state index in [0.717, 1.165) is 0 Å². The smallest absolute Gasteiger partial charge is 0.280 e. The van der Waals surface area contributed by atoms with Gasteiger partial charge < -0.3 is 5.32 Å². The van der Waals surface area contributed by atoms with E-state index in [1.54, 1.807) is 61.5 Å². The van der Waals surface area contributed by atoms with E-state index < -0.39 is 11.7 Å². The molecule has 5 aromatic rings. The van der Waals surface area contributed by atoms with Crippen LogP contribution in [0.5, 0.6) is 0 Å². The van der Waals surface area contributed by atoms with Gasteiger partial charge in [0.15, 0.2) is 0 Å². The summed E-state index contributed by atoms with van der Waals surface area (Å²) in [6, 6.07) is 16.4. The number of aryl methyl sites for hydroxylation is 1. The number of carbonyl (C=O) groups excluding carboxylic acids is 1. The molecule has 158 valence electrons. The predicted octanol–water partition coefficient (Wildman–Crippen LogP) is 5.22. The zero-order valence-corrected chi connectivity index (χ0v) is 17.6. The van der Waals surface area contributed by atoms with Crippen LogP contribution in [0.4, 0.5) is 10.1 Å². The summed E-state index contributed by atoms with van der Waals surface area (Å²) in [5.74, 6) is -0.792. The molecule has 0 saturated carbocycles. The van der Waals surface area contributed by atoms with Gasteiger partial charge in [0, 0.05) is 27.9 Å². The average molecular weight is 447 g/mol. The summed E-state index contributed by atoms with van der Waals surface area (Å²) in [5.41, 5.74) is 2.76. The Morgan fingerprint density at radius 3 is 2.59 bits per heavy atom. The van der Waals surface area contributed by atoms with Crippen molar-refractivity contribution in [1.29, 1.82) is 0 Å². The van der Waals surface area contributed by atoms with Crippen molar-refractivity contribution >= 4 is 45.0 Å². The first-order valence-corrected chi connectivity index (χ1v) is 10.2. The predicted molar refractivity (Wildman–Crippen MR) is 123 cm³/mol. The maximum Gasteiger partial charge on any atom is 0.280 e. The Labute approximate surface area is 186 Å². The lowest BCUT2D eigenvalue weighted by Crippen LogP contribution is -2.14. The van der Waals surface area contributed by atoms with Gasteiger partial charge in [0.05, 0.1) is 22.1 Å². The molecule has 0 saturated heterocycles. The molecule has 0 aliphatic rings. The first-order valence-electron chi connectivity index (χ1n) is 9.77. The largest absolute Gasteiger partial charge is 0.322 e. The van der Waals surface area contributed by atoms with E-state index in [9.17, 15) is 14.0 Å². The number of fused-ring (bicyclic) bond motifs is 3. The Bertz CT molecular complexity index is 1570. The van der Waals surface area contributed by atoms with E-state index in [2.05, 4.69) is 15.4 Å². The summed E-state index contributed by atoms with van der Waals surface area (Å²) in [6.45, 7) is 1.65. The van der Waals surface area contributed by atoms with Gasteiger partial charge in [-0.05, 0) is 67.1 Å². The van der Waals surface area contributed by atoms with Crippen LogP contribution in [0.1, 0.15) is 15.9 Å². The van der Waals surface area contributed by atoms with Gasteiger partial charge in [0.2, 0.25) is 0 Å². The van der Waals surface area contributed by atoms with Gasteiger partial charge >= 0.3 is 0 Å². The summed E-state index contributed by atoms with van der Waals surface area (Å²) >= 11 is 5.95. The van der Waals surface area contributed by atoms with E-state index in [-0.39, 0.29) is 5.56 Å². The van der Waals surface area contributed by atoms with Gasteiger partial charge in [0.25, 0.3) is 11.5 Å². The van der Waals surface area contributed by atoms with E-state index in [4.69, 9.17) is 11.6 Å². The van der Waals surface area contributed by atoms with Crippen LogP contribution < -0.4 is 10.9 Å². The highest BCUT2D eigenvalue weighted by Gasteiger charge is 2.15. The molecule has 0 radical (unpaired) electrons. The molecule has 0 atom stereocenters. The molecular formula is C24H16ClFN4O2. The molecule has 5 rings (SSSR count). The summed E-state index contributed by atoms with van der Waals surface area (Å²) in [7, 11) is 0. The second-order valence-electron chi connectivity index (χ2n) is 7.43. The first kappa shape index (κ1) is 20.0. The number of anilines is 1. The molecule has 0 aliphatic carbocycles. The summed E-state index contributed by atoms with van der Waals surface area (Å²) in [6.07, 6.45) is 1.51. The quantitative estimate of drug-likeness (QED) is 0.398. The number of nitrogens with one attached hydrogen (secondary N) is 2. The van der Waals surface area contributed by atoms with Crippen molar-refractivity contribution in [3.8, 4) is 5.69 Å². The van der Waals surface area contributed by atoms with Crippen LogP contribution in [0.2, 0.25) is 5.02 Å². The molecule has 0 fully saturated rings. The molecular weight excluding hydrogens is 431 g/mol. The third-order valence-corrected chi connectivity index (χ3v) is 5.55. The van der Waals surface area contributed by atoms with Crippen LogP contribution in [0.15, 0.2) is 71.7 Å². The Morgan fingerprint density at radius 1 is 1.06 bits per heavy atom. The lowest BCUT2D eigenvalue weighted by molar-refractivity contribution is 0.102. The van der Waals surface area contributed by atoms with E-state index in [1.807, 2.05) is 0 Å². The number of aromatic amines is 1. The summed E-state index contributed by atoms with van der Waals surface area (Å²) in [4.78, 5) is 30.1. The lowest BCUT2D eigenvalue weighted by atomic mass is 10.1. The maximum absolute atomic E-state index is 13.8. The highest BCUT2D eigenvalue weighted by molar-refractivity contribution is 6.30. The zero-order valence-electron chi connectivity index (χ0n) is 16.8. The lowest BCUT2D eigenvalue weighted by Gasteiger charge is -2.07. The van der Waals surface area contributed by atoms with Crippen molar-refractivity contribution in [2.75, 3.05) is 5.32 Å². The van der Waals surface area contributed by atoms with Crippen molar-refractivity contribution in [2.45, 2.75) is 6.92 Å². The van der Waals surface area contributed by atoms with Crippen LogP contribution in [0, 0.1) is 12.7 Å². The monoisotopic (exact) mass is 446 g/mol. The molecule has 8 heteroatoms. The van der Waals surface area contributed by atoms with Gasteiger partial charge in [-0.3, -0.25) is 19.7 Å². The fraction of sp³-hybridized carbons (Fsp3) is 0.0417. The van der Waals surface area contributed by atoms with Crippen molar-refractivity contribution < 1.29 is 9.18 Å².